The van der Waals surface area contributed by atoms with E-state index in [2.05, 4.69) is 10.3 Å². The van der Waals surface area contributed by atoms with Gasteiger partial charge in [0.2, 0.25) is 0 Å². The van der Waals surface area contributed by atoms with Crippen molar-refractivity contribution >= 4 is 17.2 Å². The third kappa shape index (κ3) is 3.33. The Hall–Kier alpha value is -2.44. The molecule has 5 nitrogen and oxygen atoms in total. The summed E-state index contributed by atoms with van der Waals surface area (Å²) in [5.74, 6) is -0.276. The van der Waals surface area contributed by atoms with Crippen LogP contribution in [0.1, 0.15) is 23.0 Å². The second kappa shape index (κ2) is 6.36. The van der Waals surface area contributed by atoms with E-state index in [1.807, 2.05) is 47.2 Å². The molecule has 0 radical (unpaired) electrons. The Morgan fingerprint density at radius 2 is 2.13 bits per heavy atom. The van der Waals surface area contributed by atoms with Gasteiger partial charge in [0.05, 0.1) is 19.1 Å². The number of nitrogens with zero attached hydrogens (tertiary/aromatic N) is 2. The maximum absolute atomic E-state index is 12.4. The van der Waals surface area contributed by atoms with Gasteiger partial charge in [-0.05, 0) is 41.4 Å². The van der Waals surface area contributed by atoms with Crippen LogP contribution in [0.25, 0.3) is 5.69 Å². The third-order valence-electron chi connectivity index (χ3n) is 3.64. The maximum atomic E-state index is 12.4. The van der Waals surface area contributed by atoms with Crippen LogP contribution in [0.4, 0.5) is 0 Å². The predicted octanol–water partition coefficient (Wildman–Crippen LogP) is 2.57. The monoisotopic (exact) mass is 327 g/mol. The van der Waals surface area contributed by atoms with Crippen LogP contribution in [-0.4, -0.2) is 27.1 Å². The number of aliphatic hydroxyl groups is 1. The SMILES string of the molecule is CC(O)(CNC(=O)c1cncn1-c1ccccc1)c1ccsc1. The number of hydrogen-bond acceptors (Lipinski definition) is 4. The molecule has 3 aromatic rings. The van der Waals surface area contributed by atoms with Crippen LogP contribution in [0, 0.1) is 0 Å². The van der Waals surface area contributed by atoms with E-state index >= 15 is 0 Å². The Morgan fingerprint density at radius 1 is 1.35 bits per heavy atom. The Kier molecular flexibility index (Phi) is 4.27. The summed E-state index contributed by atoms with van der Waals surface area (Å²) in [4.78, 5) is 16.5. The number of aromatic nitrogens is 2. The molecule has 1 aromatic carbocycles. The highest BCUT2D eigenvalue weighted by Crippen LogP contribution is 2.22. The lowest BCUT2D eigenvalue weighted by Gasteiger charge is -2.22. The summed E-state index contributed by atoms with van der Waals surface area (Å²) in [5, 5.41) is 17.0. The van der Waals surface area contributed by atoms with Gasteiger partial charge in [0, 0.05) is 5.69 Å². The number of nitrogens with one attached hydrogen (secondary N) is 1. The minimum absolute atomic E-state index is 0.128. The van der Waals surface area contributed by atoms with Gasteiger partial charge >= 0.3 is 0 Å². The van der Waals surface area contributed by atoms with Crippen LogP contribution >= 0.6 is 11.3 Å². The quantitative estimate of drug-likeness (QED) is 0.757. The molecule has 118 valence electrons. The third-order valence-corrected chi connectivity index (χ3v) is 4.32. The first kappa shape index (κ1) is 15.5. The highest BCUT2D eigenvalue weighted by Gasteiger charge is 2.25. The van der Waals surface area contributed by atoms with E-state index < -0.39 is 5.60 Å². The topological polar surface area (TPSA) is 67.2 Å². The Labute approximate surface area is 138 Å². The number of carbonyl (C=O) groups is 1. The lowest BCUT2D eigenvalue weighted by atomic mass is 9.99. The summed E-state index contributed by atoms with van der Waals surface area (Å²) < 4.78 is 1.72. The number of benzene rings is 1. The summed E-state index contributed by atoms with van der Waals surface area (Å²) >= 11 is 1.51. The highest BCUT2D eigenvalue weighted by molar-refractivity contribution is 7.08. The van der Waals surface area contributed by atoms with Gasteiger partial charge in [0.1, 0.15) is 11.3 Å². The number of thiophene rings is 1. The molecule has 2 aromatic heterocycles. The largest absolute Gasteiger partial charge is 0.384 e. The van der Waals surface area contributed by atoms with Crippen LogP contribution in [0.5, 0.6) is 0 Å². The normalized spacial score (nSPS) is 13.5. The van der Waals surface area contributed by atoms with Crippen molar-refractivity contribution < 1.29 is 9.90 Å². The van der Waals surface area contributed by atoms with Crippen molar-refractivity contribution in [3.63, 3.8) is 0 Å². The summed E-state index contributed by atoms with van der Waals surface area (Å²) in [7, 11) is 0. The van der Waals surface area contributed by atoms with Crippen molar-refractivity contribution in [2.24, 2.45) is 0 Å². The number of rotatable bonds is 5. The first-order valence-electron chi connectivity index (χ1n) is 7.19. The van der Waals surface area contributed by atoms with Gasteiger partial charge < -0.3 is 10.4 Å². The molecule has 0 saturated carbocycles. The molecular weight excluding hydrogens is 310 g/mol. The van der Waals surface area contributed by atoms with E-state index in [4.69, 9.17) is 0 Å². The van der Waals surface area contributed by atoms with Crippen molar-refractivity contribution in [2.45, 2.75) is 12.5 Å². The van der Waals surface area contributed by atoms with Gasteiger partial charge in [-0.3, -0.25) is 9.36 Å². The molecule has 0 aliphatic rings. The van der Waals surface area contributed by atoms with Gasteiger partial charge in [0.15, 0.2) is 0 Å². The summed E-state index contributed by atoms with van der Waals surface area (Å²) in [5.41, 5.74) is 0.976. The zero-order valence-electron chi connectivity index (χ0n) is 12.6. The number of para-hydroxylation sites is 1. The van der Waals surface area contributed by atoms with E-state index in [0.29, 0.717) is 5.69 Å². The Morgan fingerprint density at radius 3 is 2.83 bits per heavy atom. The summed E-state index contributed by atoms with van der Waals surface area (Å²) in [6.45, 7) is 1.81. The zero-order chi connectivity index (χ0) is 16.3. The molecule has 3 rings (SSSR count). The summed E-state index contributed by atoms with van der Waals surface area (Å²) in [6.07, 6.45) is 3.11. The van der Waals surface area contributed by atoms with Gasteiger partial charge in [-0.1, -0.05) is 18.2 Å². The smallest absolute Gasteiger partial charge is 0.270 e. The first-order chi connectivity index (χ1) is 11.1. The lowest BCUT2D eigenvalue weighted by Crippen LogP contribution is -2.38. The molecule has 0 bridgehead atoms. The molecule has 2 heterocycles. The second-order valence-corrected chi connectivity index (χ2v) is 6.23. The first-order valence-corrected chi connectivity index (χ1v) is 8.13. The van der Waals surface area contributed by atoms with Crippen LogP contribution in [0.15, 0.2) is 59.7 Å². The number of carbonyl (C=O) groups excluding carboxylic acids is 1. The van der Waals surface area contributed by atoms with Crippen molar-refractivity contribution in [3.05, 3.63) is 70.9 Å². The van der Waals surface area contributed by atoms with Gasteiger partial charge in [-0.2, -0.15) is 11.3 Å². The van der Waals surface area contributed by atoms with Crippen molar-refractivity contribution in [2.75, 3.05) is 6.54 Å². The molecule has 1 atom stereocenters. The van der Waals surface area contributed by atoms with E-state index in [1.165, 1.54) is 17.5 Å². The van der Waals surface area contributed by atoms with Gasteiger partial charge in [-0.25, -0.2) is 4.98 Å². The molecule has 0 spiro atoms. The van der Waals surface area contributed by atoms with Crippen molar-refractivity contribution in [1.29, 1.82) is 0 Å². The van der Waals surface area contributed by atoms with Gasteiger partial charge in [-0.15, -0.1) is 0 Å². The molecule has 1 unspecified atom stereocenters. The average molecular weight is 327 g/mol. The van der Waals surface area contributed by atoms with Gasteiger partial charge in [0.25, 0.3) is 5.91 Å². The maximum Gasteiger partial charge on any atom is 0.270 e. The fraction of sp³-hybridized carbons (Fsp3) is 0.176. The van der Waals surface area contributed by atoms with E-state index in [0.717, 1.165) is 11.3 Å². The standard InChI is InChI=1S/C17H17N3O2S/c1-17(22,13-7-8-23-10-13)11-19-16(21)15-9-18-12-20(15)14-5-3-2-4-6-14/h2-10,12,22H,11H2,1H3,(H,19,21). The van der Waals surface area contributed by atoms with Crippen LogP contribution in [-0.2, 0) is 5.60 Å². The predicted molar refractivity (Wildman–Crippen MR) is 89.8 cm³/mol. The molecule has 0 aliphatic heterocycles. The summed E-state index contributed by atoms with van der Waals surface area (Å²) in [6, 6.07) is 11.4. The molecule has 2 N–H and O–H groups in total. The zero-order valence-corrected chi connectivity index (χ0v) is 13.5. The average Bonchev–Trinajstić information content (AvgIpc) is 3.25. The number of imidazole rings is 1. The van der Waals surface area contributed by atoms with Crippen molar-refractivity contribution in [1.82, 2.24) is 14.9 Å². The number of hydrogen-bond donors (Lipinski definition) is 2. The van der Waals surface area contributed by atoms with E-state index in [9.17, 15) is 9.90 Å². The fourth-order valence-corrected chi connectivity index (χ4v) is 3.06. The molecule has 1 amide bonds. The Bertz CT molecular complexity index is 779. The molecule has 23 heavy (non-hydrogen) atoms. The minimum Gasteiger partial charge on any atom is -0.384 e. The molecule has 6 heteroatoms. The lowest BCUT2D eigenvalue weighted by molar-refractivity contribution is 0.0528. The van der Waals surface area contributed by atoms with Crippen LogP contribution in [0.3, 0.4) is 0 Å². The molecule has 0 fully saturated rings. The highest BCUT2D eigenvalue weighted by atomic mass is 32.1. The van der Waals surface area contributed by atoms with Crippen LogP contribution in [0.2, 0.25) is 0 Å². The van der Waals surface area contributed by atoms with E-state index in [1.54, 1.807) is 17.8 Å². The molecule has 0 saturated heterocycles. The Balaban J connectivity index is 1.74. The number of amides is 1. The molecular formula is C17H17N3O2S. The second-order valence-electron chi connectivity index (χ2n) is 5.45. The minimum atomic E-state index is -1.10. The van der Waals surface area contributed by atoms with Crippen molar-refractivity contribution in [3.8, 4) is 5.69 Å². The van der Waals surface area contributed by atoms with E-state index in [-0.39, 0.29) is 12.5 Å². The van der Waals surface area contributed by atoms with Crippen LogP contribution < -0.4 is 5.32 Å². The molecule has 0 aliphatic carbocycles. The fourth-order valence-electron chi connectivity index (χ4n) is 2.27.